The first-order valence-electron chi connectivity index (χ1n) is 4.61. The van der Waals surface area contributed by atoms with Crippen LogP contribution in [0.1, 0.15) is 20.9 Å². The van der Waals surface area contributed by atoms with Crippen molar-refractivity contribution in [1.29, 1.82) is 0 Å². The number of aryl methyl sites for hydroxylation is 2. The van der Waals surface area contributed by atoms with Crippen LogP contribution in [0.5, 0.6) is 0 Å². The predicted octanol–water partition coefficient (Wildman–Crippen LogP) is 1.84. The van der Waals surface area contributed by atoms with Gasteiger partial charge in [-0.1, -0.05) is 0 Å². The second-order valence-corrected chi connectivity index (χ2v) is 4.28. The molecule has 15 heavy (non-hydrogen) atoms. The Morgan fingerprint density at radius 2 is 2.33 bits per heavy atom. The maximum Gasteiger partial charge on any atom is 0.195 e. The second-order valence-electron chi connectivity index (χ2n) is 3.47. The SMILES string of the molecule is Cc1cnn(CC(=O)c2cc(C)ns2)c1. The van der Waals surface area contributed by atoms with E-state index in [1.807, 2.05) is 26.1 Å². The van der Waals surface area contributed by atoms with Gasteiger partial charge in [0.25, 0.3) is 0 Å². The zero-order valence-electron chi connectivity index (χ0n) is 8.60. The molecule has 0 spiro atoms. The zero-order valence-corrected chi connectivity index (χ0v) is 9.41. The van der Waals surface area contributed by atoms with E-state index in [0.29, 0.717) is 4.88 Å². The molecule has 4 nitrogen and oxygen atoms in total. The Balaban J connectivity index is 2.10. The van der Waals surface area contributed by atoms with Gasteiger partial charge in [0.15, 0.2) is 5.78 Å². The molecule has 0 bridgehead atoms. The van der Waals surface area contributed by atoms with Crippen LogP contribution in [-0.4, -0.2) is 19.9 Å². The van der Waals surface area contributed by atoms with E-state index in [4.69, 9.17) is 0 Å². The van der Waals surface area contributed by atoms with Gasteiger partial charge < -0.3 is 0 Å². The predicted molar refractivity (Wildman–Crippen MR) is 58.1 cm³/mol. The molecule has 0 aromatic carbocycles. The minimum atomic E-state index is 0.0590. The Morgan fingerprint density at radius 3 is 2.87 bits per heavy atom. The van der Waals surface area contributed by atoms with Crippen molar-refractivity contribution in [2.24, 2.45) is 0 Å². The Labute approximate surface area is 91.7 Å². The molecule has 0 saturated carbocycles. The number of rotatable bonds is 3. The van der Waals surface area contributed by atoms with Crippen molar-refractivity contribution in [1.82, 2.24) is 14.2 Å². The van der Waals surface area contributed by atoms with Crippen LogP contribution >= 0.6 is 11.5 Å². The molecule has 78 valence electrons. The maximum absolute atomic E-state index is 11.7. The first-order valence-corrected chi connectivity index (χ1v) is 5.38. The van der Waals surface area contributed by atoms with Gasteiger partial charge in [0.05, 0.1) is 16.8 Å². The molecule has 2 heterocycles. The first kappa shape index (κ1) is 10.0. The molecule has 0 unspecified atom stereocenters. The lowest BCUT2D eigenvalue weighted by atomic mass is 10.3. The number of carbonyl (C=O) groups is 1. The molecule has 0 fully saturated rings. The largest absolute Gasteiger partial charge is 0.291 e. The number of aromatic nitrogens is 3. The van der Waals surface area contributed by atoms with E-state index in [1.54, 1.807) is 10.9 Å². The topological polar surface area (TPSA) is 47.8 Å². The van der Waals surface area contributed by atoms with Crippen molar-refractivity contribution in [3.63, 3.8) is 0 Å². The molecule has 2 rings (SSSR count). The van der Waals surface area contributed by atoms with Crippen LogP contribution in [0, 0.1) is 13.8 Å². The van der Waals surface area contributed by atoms with Crippen molar-refractivity contribution in [2.45, 2.75) is 20.4 Å². The standard InChI is InChI=1S/C10H11N3OS/c1-7-4-11-13(5-7)6-9(14)10-3-8(2)12-15-10/h3-5H,6H2,1-2H3. The summed E-state index contributed by atoms with van der Waals surface area (Å²) >= 11 is 1.24. The van der Waals surface area contributed by atoms with Gasteiger partial charge in [0, 0.05) is 6.20 Å². The molecule has 0 N–H and O–H groups in total. The average Bonchev–Trinajstić information content (AvgIpc) is 2.75. The Morgan fingerprint density at radius 1 is 1.53 bits per heavy atom. The third kappa shape index (κ3) is 2.30. The summed E-state index contributed by atoms with van der Waals surface area (Å²) < 4.78 is 5.72. The number of Topliss-reactive ketones (excluding diaryl/α,β-unsaturated/α-hetero) is 1. The van der Waals surface area contributed by atoms with Gasteiger partial charge in [-0.05, 0) is 37.0 Å². The van der Waals surface area contributed by atoms with E-state index in [9.17, 15) is 4.79 Å². The summed E-state index contributed by atoms with van der Waals surface area (Å²) in [5.74, 6) is 0.0590. The molecule has 0 aliphatic carbocycles. The summed E-state index contributed by atoms with van der Waals surface area (Å²) in [6, 6.07) is 1.81. The van der Waals surface area contributed by atoms with Crippen LogP contribution in [0.15, 0.2) is 18.5 Å². The van der Waals surface area contributed by atoms with E-state index in [2.05, 4.69) is 9.47 Å². The van der Waals surface area contributed by atoms with Crippen LogP contribution in [0.2, 0.25) is 0 Å². The molecule has 0 atom stereocenters. The fraction of sp³-hybridized carbons (Fsp3) is 0.300. The van der Waals surface area contributed by atoms with Gasteiger partial charge in [0.1, 0.15) is 6.54 Å². The van der Waals surface area contributed by atoms with Crippen molar-refractivity contribution < 1.29 is 4.79 Å². The van der Waals surface area contributed by atoms with Crippen molar-refractivity contribution in [3.8, 4) is 0 Å². The molecular formula is C10H11N3OS. The minimum absolute atomic E-state index is 0.0590. The third-order valence-corrected chi connectivity index (χ3v) is 2.89. The Kier molecular flexibility index (Phi) is 2.64. The molecule has 5 heteroatoms. The van der Waals surface area contributed by atoms with Crippen LogP contribution in [0.25, 0.3) is 0 Å². The lowest BCUT2D eigenvalue weighted by Gasteiger charge is -1.97. The summed E-state index contributed by atoms with van der Waals surface area (Å²) in [6.07, 6.45) is 3.59. The number of ketones is 1. The smallest absolute Gasteiger partial charge is 0.195 e. The van der Waals surface area contributed by atoms with Crippen molar-refractivity contribution >= 4 is 17.3 Å². The quantitative estimate of drug-likeness (QED) is 0.743. The average molecular weight is 221 g/mol. The van der Waals surface area contributed by atoms with E-state index in [0.717, 1.165) is 11.3 Å². The fourth-order valence-corrected chi connectivity index (χ4v) is 1.96. The summed E-state index contributed by atoms with van der Waals surface area (Å²) in [6.45, 7) is 4.12. The minimum Gasteiger partial charge on any atom is -0.291 e. The normalized spacial score (nSPS) is 10.5. The monoisotopic (exact) mass is 221 g/mol. The van der Waals surface area contributed by atoms with Gasteiger partial charge in [-0.2, -0.15) is 9.47 Å². The van der Waals surface area contributed by atoms with Gasteiger partial charge in [0.2, 0.25) is 0 Å². The molecule has 2 aromatic heterocycles. The first-order chi connectivity index (χ1) is 7.15. The van der Waals surface area contributed by atoms with E-state index >= 15 is 0 Å². The third-order valence-electron chi connectivity index (χ3n) is 1.97. The summed E-state index contributed by atoms with van der Waals surface area (Å²) in [5, 5.41) is 4.07. The van der Waals surface area contributed by atoms with Gasteiger partial charge in [-0.25, -0.2) is 0 Å². The van der Waals surface area contributed by atoms with Gasteiger partial charge in [-0.15, -0.1) is 0 Å². The van der Waals surface area contributed by atoms with Crippen molar-refractivity contribution in [3.05, 3.63) is 34.6 Å². The molecule has 0 aliphatic heterocycles. The summed E-state index contributed by atoms with van der Waals surface area (Å²) in [4.78, 5) is 12.4. The molecule has 0 radical (unpaired) electrons. The summed E-state index contributed by atoms with van der Waals surface area (Å²) in [7, 11) is 0. The van der Waals surface area contributed by atoms with Crippen LogP contribution < -0.4 is 0 Å². The highest BCUT2D eigenvalue weighted by atomic mass is 32.1. The Bertz CT molecular complexity index is 486. The number of nitrogens with zero attached hydrogens (tertiary/aromatic N) is 3. The zero-order chi connectivity index (χ0) is 10.8. The molecule has 0 amide bonds. The van der Waals surface area contributed by atoms with Crippen molar-refractivity contribution in [2.75, 3.05) is 0 Å². The van der Waals surface area contributed by atoms with Gasteiger partial charge >= 0.3 is 0 Å². The van der Waals surface area contributed by atoms with Crippen LogP contribution in [0.3, 0.4) is 0 Å². The highest BCUT2D eigenvalue weighted by Crippen LogP contribution is 2.10. The summed E-state index contributed by atoms with van der Waals surface area (Å²) in [5.41, 5.74) is 1.95. The maximum atomic E-state index is 11.7. The fourth-order valence-electron chi connectivity index (χ4n) is 1.27. The van der Waals surface area contributed by atoms with Gasteiger partial charge in [-0.3, -0.25) is 9.48 Å². The van der Waals surface area contributed by atoms with E-state index in [1.165, 1.54) is 11.5 Å². The lowest BCUT2D eigenvalue weighted by Crippen LogP contribution is -2.09. The van der Waals surface area contributed by atoms with Crippen LogP contribution in [-0.2, 0) is 6.54 Å². The number of hydrogen-bond acceptors (Lipinski definition) is 4. The molecular weight excluding hydrogens is 210 g/mol. The van der Waals surface area contributed by atoms with Crippen LogP contribution in [0.4, 0.5) is 0 Å². The lowest BCUT2D eigenvalue weighted by molar-refractivity contribution is 0.0971. The number of carbonyl (C=O) groups excluding carboxylic acids is 1. The second kappa shape index (κ2) is 3.94. The number of hydrogen-bond donors (Lipinski definition) is 0. The van der Waals surface area contributed by atoms with E-state index < -0.39 is 0 Å². The molecule has 0 aliphatic rings. The van der Waals surface area contributed by atoms with E-state index in [-0.39, 0.29) is 12.3 Å². The highest BCUT2D eigenvalue weighted by molar-refractivity contribution is 7.08. The molecule has 2 aromatic rings. The molecule has 0 saturated heterocycles. The Hall–Kier alpha value is -1.49. The highest BCUT2D eigenvalue weighted by Gasteiger charge is 2.10.